The number of rotatable bonds is 2. The van der Waals surface area contributed by atoms with Crippen LogP contribution >= 0.6 is 0 Å². The van der Waals surface area contributed by atoms with Crippen molar-refractivity contribution in [2.24, 2.45) is 0 Å². The molecular weight excluding hydrogens is 602 g/mol. The summed E-state index contributed by atoms with van der Waals surface area (Å²) in [5.41, 5.74) is 6.91. The molecule has 2 aliphatic heterocycles. The molecule has 6 rings (SSSR count). The summed E-state index contributed by atoms with van der Waals surface area (Å²) < 4.78 is 13.8. The van der Waals surface area contributed by atoms with E-state index in [0.29, 0.717) is 11.3 Å². The second-order valence-electron chi connectivity index (χ2n) is 8.06. The molecule has 0 aliphatic carbocycles. The van der Waals surface area contributed by atoms with E-state index in [1.807, 2.05) is 55.6 Å². The molecule has 0 spiro atoms. The summed E-state index contributed by atoms with van der Waals surface area (Å²) in [6, 6.07) is 29.1. The average molecular weight is 625 g/mol. The van der Waals surface area contributed by atoms with Gasteiger partial charge in [0.2, 0.25) is 0 Å². The number of benzene rings is 3. The standard InChI is InChI=1S/C18H13FN.C11H10N2.Ir/c1-13-11-18(15-9-5-6-10-17(15)19)20-12-16(13)14-7-3-2-4-8-14;1-2-4-10-9(3-1)5-7-13-8-6-12-11(10)13;/h2-8,10-12H,1H3;1-3,6,8,11H,5,7H2;/q-1;-2;+3. The molecule has 0 radical (unpaired) electrons. The zero-order valence-electron chi connectivity index (χ0n) is 18.7. The number of aromatic nitrogens is 1. The fourth-order valence-electron chi connectivity index (χ4n) is 4.23. The average Bonchev–Trinajstić information content (AvgIpc) is 3.35. The quantitative estimate of drug-likeness (QED) is 0.228. The normalized spacial score (nSPS) is 15.2. The van der Waals surface area contributed by atoms with Crippen LogP contribution in [0.3, 0.4) is 0 Å². The molecule has 1 unspecified atom stereocenters. The van der Waals surface area contributed by atoms with E-state index >= 15 is 0 Å². The van der Waals surface area contributed by atoms with Gasteiger partial charge in [0.15, 0.2) is 0 Å². The van der Waals surface area contributed by atoms with Gasteiger partial charge in [0.05, 0.1) is 0 Å². The van der Waals surface area contributed by atoms with Crippen LogP contribution in [0.15, 0.2) is 91.4 Å². The number of aryl methyl sites for hydroxylation is 1. The Bertz CT molecular complexity index is 1290. The van der Waals surface area contributed by atoms with Crippen molar-refractivity contribution < 1.29 is 24.5 Å². The van der Waals surface area contributed by atoms with Gasteiger partial charge in [-0.15, -0.1) is 24.3 Å². The van der Waals surface area contributed by atoms with Crippen LogP contribution in [0.1, 0.15) is 22.9 Å². The predicted molar refractivity (Wildman–Crippen MR) is 130 cm³/mol. The Morgan fingerprint density at radius 3 is 2.62 bits per heavy atom. The molecule has 170 valence electrons. The molecule has 1 atom stereocenters. The Kier molecular flexibility index (Phi) is 7.56. The SMILES string of the molecule is Cc1cc(-c2[c-]cccc2F)ncc1-c1ccccc1.[Ir+3].[c-]1cccc2c1C1[N-]C=CN1CC2. The molecule has 3 heterocycles. The zero-order valence-corrected chi connectivity index (χ0v) is 21.1. The molecule has 0 bridgehead atoms. The van der Waals surface area contributed by atoms with Crippen LogP contribution in [0.4, 0.5) is 4.39 Å². The van der Waals surface area contributed by atoms with E-state index < -0.39 is 0 Å². The van der Waals surface area contributed by atoms with Gasteiger partial charge < -0.3 is 15.2 Å². The van der Waals surface area contributed by atoms with Crippen molar-refractivity contribution in [2.45, 2.75) is 19.5 Å². The van der Waals surface area contributed by atoms with Crippen molar-refractivity contribution in [3.8, 4) is 22.4 Å². The summed E-state index contributed by atoms with van der Waals surface area (Å²) in [5, 5.41) is 4.41. The molecule has 5 heteroatoms. The summed E-state index contributed by atoms with van der Waals surface area (Å²) in [6.45, 7) is 3.09. The summed E-state index contributed by atoms with van der Waals surface area (Å²) in [5.74, 6) is -0.299. The van der Waals surface area contributed by atoms with Gasteiger partial charge in [-0.05, 0) is 36.1 Å². The summed E-state index contributed by atoms with van der Waals surface area (Å²) in [4.78, 5) is 6.64. The van der Waals surface area contributed by atoms with Gasteiger partial charge in [0.25, 0.3) is 0 Å². The molecule has 34 heavy (non-hydrogen) atoms. The maximum Gasteiger partial charge on any atom is 3.00 e. The van der Waals surface area contributed by atoms with Crippen LogP contribution in [0.25, 0.3) is 27.7 Å². The molecule has 4 aromatic rings. The molecular formula is C29H23FIrN3. The summed E-state index contributed by atoms with van der Waals surface area (Å²) >= 11 is 0. The minimum Gasteiger partial charge on any atom is -0.668 e. The first kappa shape index (κ1) is 23.9. The van der Waals surface area contributed by atoms with Crippen molar-refractivity contribution in [2.75, 3.05) is 6.54 Å². The predicted octanol–water partition coefficient (Wildman–Crippen LogP) is 6.86. The van der Waals surface area contributed by atoms with E-state index in [9.17, 15) is 4.39 Å². The topological polar surface area (TPSA) is 30.2 Å². The first-order valence-corrected chi connectivity index (χ1v) is 11.0. The van der Waals surface area contributed by atoms with Gasteiger partial charge in [0.1, 0.15) is 0 Å². The third kappa shape index (κ3) is 4.96. The number of hydrogen-bond donors (Lipinski definition) is 0. The Labute approximate surface area is 213 Å². The van der Waals surface area contributed by atoms with Crippen molar-refractivity contribution >= 4 is 0 Å². The smallest absolute Gasteiger partial charge is 0.668 e. The van der Waals surface area contributed by atoms with Gasteiger partial charge in [-0.2, -0.15) is 41.6 Å². The molecule has 3 aromatic carbocycles. The second kappa shape index (κ2) is 10.8. The first-order chi connectivity index (χ1) is 16.2. The van der Waals surface area contributed by atoms with Crippen LogP contribution in [0.2, 0.25) is 0 Å². The van der Waals surface area contributed by atoms with E-state index in [-0.39, 0.29) is 32.1 Å². The largest absolute Gasteiger partial charge is 3.00 e. The maximum absolute atomic E-state index is 13.8. The number of pyridine rings is 1. The molecule has 1 aromatic heterocycles. The van der Waals surface area contributed by atoms with Crippen molar-refractivity contribution in [3.05, 3.63) is 131 Å². The number of halogens is 1. The summed E-state index contributed by atoms with van der Waals surface area (Å²) in [6.07, 6.45) is 7.07. The fraction of sp³-hybridized carbons (Fsp3) is 0.138. The number of fused-ring (bicyclic) bond motifs is 3. The second-order valence-corrected chi connectivity index (χ2v) is 8.06. The third-order valence-electron chi connectivity index (χ3n) is 5.93. The zero-order chi connectivity index (χ0) is 22.6. The monoisotopic (exact) mass is 625 g/mol. The minimum absolute atomic E-state index is 0. The number of nitrogens with zero attached hydrogens (tertiary/aromatic N) is 3. The van der Waals surface area contributed by atoms with Crippen LogP contribution < -0.4 is 0 Å². The maximum atomic E-state index is 13.8. The molecule has 3 nitrogen and oxygen atoms in total. The van der Waals surface area contributed by atoms with Crippen molar-refractivity contribution in [1.29, 1.82) is 0 Å². The Morgan fingerprint density at radius 2 is 1.82 bits per heavy atom. The van der Waals surface area contributed by atoms with E-state index in [2.05, 4.69) is 45.7 Å². The van der Waals surface area contributed by atoms with E-state index in [1.165, 1.54) is 17.2 Å². The van der Waals surface area contributed by atoms with Crippen LogP contribution in [-0.4, -0.2) is 16.4 Å². The van der Waals surface area contributed by atoms with Gasteiger partial charge in [-0.1, -0.05) is 48.4 Å². The summed E-state index contributed by atoms with van der Waals surface area (Å²) in [7, 11) is 0. The third-order valence-corrected chi connectivity index (χ3v) is 5.93. The van der Waals surface area contributed by atoms with E-state index in [4.69, 9.17) is 0 Å². The van der Waals surface area contributed by atoms with Crippen LogP contribution in [0, 0.1) is 24.9 Å². The van der Waals surface area contributed by atoms with Gasteiger partial charge in [-0.3, -0.25) is 4.39 Å². The Morgan fingerprint density at radius 1 is 1.03 bits per heavy atom. The van der Waals surface area contributed by atoms with Crippen molar-refractivity contribution in [1.82, 2.24) is 9.88 Å². The molecule has 0 fully saturated rings. The molecule has 2 aliphatic rings. The van der Waals surface area contributed by atoms with Crippen LogP contribution in [-0.2, 0) is 26.5 Å². The van der Waals surface area contributed by atoms with Crippen LogP contribution in [0.5, 0.6) is 0 Å². The minimum atomic E-state index is -0.299. The molecule has 0 N–H and O–H groups in total. The molecule has 0 amide bonds. The van der Waals surface area contributed by atoms with E-state index in [0.717, 1.165) is 29.7 Å². The Balaban J connectivity index is 0.000000169. The Hall–Kier alpha value is -3.27. The number of hydrogen-bond acceptors (Lipinski definition) is 2. The first-order valence-electron chi connectivity index (χ1n) is 11.0. The van der Waals surface area contributed by atoms with Gasteiger partial charge in [-0.25, -0.2) is 0 Å². The molecule has 0 saturated carbocycles. The fourth-order valence-corrected chi connectivity index (χ4v) is 4.23. The van der Waals surface area contributed by atoms with Gasteiger partial charge in [0, 0.05) is 24.1 Å². The van der Waals surface area contributed by atoms with E-state index in [1.54, 1.807) is 18.3 Å². The van der Waals surface area contributed by atoms with Gasteiger partial charge >= 0.3 is 20.1 Å². The van der Waals surface area contributed by atoms with Crippen molar-refractivity contribution in [3.63, 3.8) is 0 Å². The molecule has 0 saturated heterocycles.